The highest BCUT2D eigenvalue weighted by atomic mass is 32.2. The number of hydrogen-bond donors (Lipinski definition) is 2. The van der Waals surface area contributed by atoms with Crippen molar-refractivity contribution in [3.63, 3.8) is 0 Å². The summed E-state index contributed by atoms with van der Waals surface area (Å²) in [4.78, 5) is 47.2. The molecule has 10 nitrogen and oxygen atoms in total. The molecule has 0 radical (unpaired) electrons. The number of rotatable bonds is 12. The Labute approximate surface area is 231 Å². The van der Waals surface area contributed by atoms with Crippen LogP contribution in [0.25, 0.3) is 6.08 Å². The van der Waals surface area contributed by atoms with E-state index >= 15 is 0 Å². The van der Waals surface area contributed by atoms with Gasteiger partial charge in [-0.1, -0.05) is 46.4 Å². The van der Waals surface area contributed by atoms with Crippen LogP contribution in [0.2, 0.25) is 0 Å². The number of aliphatic hydroxyl groups is 2. The Kier molecular flexibility index (Phi) is 10.4. The lowest BCUT2D eigenvalue weighted by atomic mass is 9.79. The Hall–Kier alpha value is -2.41. The van der Waals surface area contributed by atoms with Gasteiger partial charge in [0.25, 0.3) is 0 Å². The zero-order valence-electron chi connectivity index (χ0n) is 22.6. The molecule has 210 valence electrons. The second-order valence-corrected chi connectivity index (χ2v) is 12.2. The minimum Gasteiger partial charge on any atom is -0.423 e. The minimum atomic E-state index is -0.860. The number of aliphatic hydroxyl groups excluding tert-OH is 2. The fourth-order valence-electron chi connectivity index (χ4n) is 4.77. The second-order valence-electron chi connectivity index (χ2n) is 10.4. The molecule has 0 spiro atoms. The molecule has 0 bridgehead atoms. The first-order valence-electron chi connectivity index (χ1n) is 12.7. The zero-order chi connectivity index (χ0) is 28.1. The van der Waals surface area contributed by atoms with Crippen LogP contribution in [0.5, 0.6) is 0 Å². The number of nitrogens with zero attached hydrogens (tertiary/aromatic N) is 3. The van der Waals surface area contributed by atoms with Gasteiger partial charge in [0.2, 0.25) is 12.7 Å². The van der Waals surface area contributed by atoms with Crippen molar-refractivity contribution in [3.05, 3.63) is 32.1 Å². The van der Waals surface area contributed by atoms with Crippen molar-refractivity contribution in [3.8, 4) is 0 Å². The lowest BCUT2D eigenvalue weighted by molar-refractivity contribution is -0.166. The van der Waals surface area contributed by atoms with Crippen LogP contribution >= 0.6 is 23.1 Å². The predicted molar refractivity (Wildman–Crippen MR) is 145 cm³/mol. The summed E-state index contributed by atoms with van der Waals surface area (Å²) < 4.78 is 10.6. The monoisotopic (exact) mass is 567 g/mol. The van der Waals surface area contributed by atoms with E-state index in [2.05, 4.69) is 4.98 Å². The fraction of sp³-hybridized carbons (Fsp3) is 0.615. The Balaban J connectivity index is 1.74. The summed E-state index contributed by atoms with van der Waals surface area (Å²) in [5.41, 5.74) is 2.29. The number of esters is 1. The maximum absolute atomic E-state index is 13.2. The lowest BCUT2D eigenvalue weighted by Crippen LogP contribution is -2.63. The highest BCUT2D eigenvalue weighted by molar-refractivity contribution is 8.06. The van der Waals surface area contributed by atoms with E-state index in [1.807, 2.05) is 34.6 Å². The third-order valence-electron chi connectivity index (χ3n) is 6.34. The van der Waals surface area contributed by atoms with E-state index in [0.29, 0.717) is 23.7 Å². The van der Waals surface area contributed by atoms with Crippen molar-refractivity contribution in [2.45, 2.75) is 60.3 Å². The van der Waals surface area contributed by atoms with Gasteiger partial charge in [-0.25, -0.2) is 14.6 Å². The standard InChI is InChI=1S/C26H37N3O7S2/c1-14(2)9-28(10-15(3)4)26(34)36-13-35-25(33)22-23(37-8-7-19-18(11-30)27-12-38-19)16(5)21-20(17(6)31)24(32)29(21)22/h7-8,12,14-17,20-21,30-31H,9-11,13H2,1-6H3/b8-7-/t16-,17-,20-,21-/m1/s1. The van der Waals surface area contributed by atoms with Gasteiger partial charge in [-0.05, 0) is 30.2 Å². The van der Waals surface area contributed by atoms with E-state index in [-0.39, 0.29) is 42.0 Å². The number of thiazole rings is 1. The Morgan fingerprint density at radius 2 is 1.87 bits per heavy atom. The Morgan fingerprint density at radius 1 is 1.21 bits per heavy atom. The molecule has 2 aliphatic rings. The maximum Gasteiger partial charge on any atom is 0.412 e. The molecule has 2 amide bonds. The first kappa shape index (κ1) is 30.1. The number of ether oxygens (including phenoxy) is 2. The predicted octanol–water partition coefficient (Wildman–Crippen LogP) is 3.66. The van der Waals surface area contributed by atoms with Crippen LogP contribution in [0, 0.1) is 23.7 Å². The average molecular weight is 568 g/mol. The van der Waals surface area contributed by atoms with Crippen LogP contribution in [-0.2, 0) is 25.7 Å². The normalized spacial score (nSPS) is 21.8. The molecular weight excluding hydrogens is 530 g/mol. The average Bonchev–Trinajstić information content (AvgIpc) is 3.38. The summed E-state index contributed by atoms with van der Waals surface area (Å²) in [7, 11) is 0. The summed E-state index contributed by atoms with van der Waals surface area (Å²) in [6.07, 6.45) is 0.365. The van der Waals surface area contributed by atoms with E-state index in [9.17, 15) is 24.6 Å². The Morgan fingerprint density at radius 3 is 2.45 bits per heavy atom. The maximum atomic E-state index is 13.2. The zero-order valence-corrected chi connectivity index (χ0v) is 24.3. The van der Waals surface area contributed by atoms with Crippen LogP contribution in [0.3, 0.4) is 0 Å². The highest BCUT2D eigenvalue weighted by Crippen LogP contribution is 2.51. The van der Waals surface area contributed by atoms with Crippen molar-refractivity contribution in [1.29, 1.82) is 0 Å². The quantitative estimate of drug-likeness (QED) is 0.221. The molecule has 1 aromatic rings. The van der Waals surface area contributed by atoms with E-state index < -0.39 is 30.9 Å². The van der Waals surface area contributed by atoms with Gasteiger partial charge in [-0.3, -0.25) is 4.79 Å². The smallest absolute Gasteiger partial charge is 0.412 e. The van der Waals surface area contributed by atoms with Crippen LogP contribution in [-0.4, -0.2) is 75.0 Å². The SMILES string of the molecule is CC(C)CN(CC(C)C)C(=O)OCOC(=O)C1=C(S/C=C\c2scnc2CO)[C@H](C)[C@@H]2[C@@H]([C@@H](C)O)C(=O)N12. The summed E-state index contributed by atoms with van der Waals surface area (Å²) in [5.74, 6) is -1.46. The first-order chi connectivity index (χ1) is 18.0. The van der Waals surface area contributed by atoms with E-state index in [1.165, 1.54) is 28.0 Å². The molecule has 1 aromatic heterocycles. The van der Waals surface area contributed by atoms with Crippen molar-refractivity contribution >= 4 is 47.1 Å². The van der Waals surface area contributed by atoms with Crippen LogP contribution in [0.1, 0.15) is 52.1 Å². The molecule has 3 heterocycles. The van der Waals surface area contributed by atoms with Crippen LogP contribution < -0.4 is 0 Å². The number of fused-ring (bicyclic) bond motifs is 1. The third-order valence-corrected chi connectivity index (χ3v) is 8.27. The summed E-state index contributed by atoms with van der Waals surface area (Å²) in [6.45, 7) is 11.7. The largest absolute Gasteiger partial charge is 0.423 e. The molecule has 3 rings (SSSR count). The van der Waals surface area contributed by atoms with E-state index in [4.69, 9.17) is 9.47 Å². The third kappa shape index (κ3) is 6.59. The molecule has 2 N–H and O–H groups in total. The van der Waals surface area contributed by atoms with Crippen LogP contribution in [0.15, 0.2) is 21.5 Å². The molecule has 1 fully saturated rings. The second kappa shape index (κ2) is 13.1. The fourth-order valence-corrected chi connectivity index (χ4v) is 6.55. The van der Waals surface area contributed by atoms with Crippen molar-refractivity contribution in [2.24, 2.45) is 23.7 Å². The van der Waals surface area contributed by atoms with Gasteiger partial charge in [0.15, 0.2) is 0 Å². The molecule has 12 heteroatoms. The first-order valence-corrected chi connectivity index (χ1v) is 14.4. The number of carbonyl (C=O) groups is 3. The summed E-state index contributed by atoms with van der Waals surface area (Å²) in [6, 6.07) is -0.368. The van der Waals surface area contributed by atoms with Gasteiger partial charge in [0.05, 0.1) is 40.8 Å². The van der Waals surface area contributed by atoms with Gasteiger partial charge in [0, 0.05) is 23.9 Å². The minimum absolute atomic E-state index is 0.100. The van der Waals surface area contributed by atoms with Gasteiger partial charge in [-0.2, -0.15) is 0 Å². The number of carbonyl (C=O) groups excluding carboxylic acids is 3. The van der Waals surface area contributed by atoms with Gasteiger partial charge in [0.1, 0.15) is 5.70 Å². The van der Waals surface area contributed by atoms with Gasteiger partial charge >= 0.3 is 12.1 Å². The van der Waals surface area contributed by atoms with E-state index in [1.54, 1.807) is 28.8 Å². The number of thioether (sulfide) groups is 1. The van der Waals surface area contributed by atoms with E-state index in [0.717, 1.165) is 4.88 Å². The lowest BCUT2D eigenvalue weighted by Gasteiger charge is -2.46. The molecular formula is C26H37N3O7S2. The number of aromatic nitrogens is 1. The summed E-state index contributed by atoms with van der Waals surface area (Å²) in [5, 5.41) is 21.4. The molecule has 0 aromatic carbocycles. The molecule has 2 aliphatic heterocycles. The number of β-lactam (4-membered cyclic amide) rings is 1. The van der Waals surface area contributed by atoms with Gasteiger partial charge in [-0.15, -0.1) is 11.3 Å². The Bertz CT molecular complexity index is 1070. The molecule has 4 atom stereocenters. The highest BCUT2D eigenvalue weighted by Gasteiger charge is 2.60. The van der Waals surface area contributed by atoms with Crippen molar-refractivity contribution in [1.82, 2.24) is 14.8 Å². The number of amides is 2. The molecule has 0 saturated carbocycles. The summed E-state index contributed by atoms with van der Waals surface area (Å²) >= 11 is 2.65. The number of hydrogen-bond acceptors (Lipinski definition) is 10. The van der Waals surface area contributed by atoms with Crippen molar-refractivity contribution in [2.75, 3.05) is 19.9 Å². The van der Waals surface area contributed by atoms with Crippen LogP contribution in [0.4, 0.5) is 4.79 Å². The molecule has 38 heavy (non-hydrogen) atoms. The van der Waals surface area contributed by atoms with Crippen molar-refractivity contribution < 1.29 is 34.1 Å². The van der Waals surface area contributed by atoms with Gasteiger partial charge < -0.3 is 29.5 Å². The molecule has 0 aliphatic carbocycles. The molecule has 1 saturated heterocycles. The molecule has 0 unspecified atom stereocenters. The topological polar surface area (TPSA) is 130 Å².